The molecular formula is C15H11FN4O2. The van der Waals surface area contributed by atoms with E-state index in [1.165, 1.54) is 16.8 Å². The molecule has 110 valence electrons. The van der Waals surface area contributed by atoms with Crippen molar-refractivity contribution in [3.63, 3.8) is 0 Å². The molecule has 0 aliphatic rings. The second-order valence-corrected chi connectivity index (χ2v) is 4.54. The first-order chi connectivity index (χ1) is 10.6. The number of rotatable bonds is 4. The van der Waals surface area contributed by atoms with E-state index in [-0.39, 0.29) is 12.2 Å². The van der Waals surface area contributed by atoms with E-state index in [0.29, 0.717) is 17.1 Å². The summed E-state index contributed by atoms with van der Waals surface area (Å²) >= 11 is 0. The largest absolute Gasteiger partial charge is 0.477 e. The fraction of sp³-hybridized carbons (Fsp3) is 0.0667. The number of hydrogen-bond acceptors (Lipinski definition) is 4. The van der Waals surface area contributed by atoms with Crippen molar-refractivity contribution >= 4 is 5.97 Å². The maximum Gasteiger partial charge on any atom is 0.354 e. The molecule has 0 bridgehead atoms. The highest BCUT2D eigenvalue weighted by Gasteiger charge is 2.17. The molecule has 1 N–H and O–H groups in total. The van der Waals surface area contributed by atoms with Gasteiger partial charge in [-0.3, -0.25) is 4.68 Å². The number of aromatic nitrogens is 4. The Bertz CT molecular complexity index is 817. The van der Waals surface area contributed by atoms with Crippen LogP contribution in [0.3, 0.4) is 0 Å². The van der Waals surface area contributed by atoms with E-state index in [1.807, 2.05) is 0 Å². The molecule has 1 aromatic carbocycles. The van der Waals surface area contributed by atoms with Crippen LogP contribution in [-0.4, -0.2) is 30.8 Å². The van der Waals surface area contributed by atoms with Crippen LogP contribution < -0.4 is 0 Å². The molecule has 0 atom stereocenters. The summed E-state index contributed by atoms with van der Waals surface area (Å²) in [7, 11) is 0. The van der Waals surface area contributed by atoms with Gasteiger partial charge in [0.2, 0.25) is 0 Å². The number of hydrogen-bond donors (Lipinski definition) is 1. The van der Waals surface area contributed by atoms with E-state index in [0.717, 1.165) is 0 Å². The molecule has 2 heterocycles. The van der Waals surface area contributed by atoms with E-state index in [4.69, 9.17) is 0 Å². The lowest BCUT2D eigenvalue weighted by Gasteiger charge is -2.05. The number of halogens is 1. The first-order valence-corrected chi connectivity index (χ1v) is 6.47. The third kappa shape index (κ3) is 2.69. The lowest BCUT2D eigenvalue weighted by molar-refractivity contribution is 0.0684. The van der Waals surface area contributed by atoms with E-state index in [2.05, 4.69) is 15.1 Å². The van der Waals surface area contributed by atoms with Crippen molar-refractivity contribution in [1.82, 2.24) is 19.7 Å². The molecular weight excluding hydrogens is 287 g/mol. The Morgan fingerprint density at radius 1 is 1.18 bits per heavy atom. The Balaban J connectivity index is 2.02. The highest BCUT2D eigenvalue weighted by molar-refractivity contribution is 5.87. The standard InChI is InChI=1S/C15H11FN4O2/c16-11-5-2-1-4-10(11)9-20-13(15(21)22)8-12(19-20)14-17-6-3-7-18-14/h1-8H,9H2,(H,21,22). The van der Waals surface area contributed by atoms with Crippen molar-refractivity contribution in [2.45, 2.75) is 6.54 Å². The fourth-order valence-corrected chi connectivity index (χ4v) is 2.04. The highest BCUT2D eigenvalue weighted by Crippen LogP contribution is 2.17. The predicted octanol–water partition coefficient (Wildman–Crippen LogP) is 2.23. The molecule has 0 saturated heterocycles. The fourth-order valence-electron chi connectivity index (χ4n) is 2.04. The van der Waals surface area contributed by atoms with E-state index < -0.39 is 11.8 Å². The Morgan fingerprint density at radius 3 is 2.59 bits per heavy atom. The number of aromatic carboxylic acids is 1. The number of benzene rings is 1. The summed E-state index contributed by atoms with van der Waals surface area (Å²) in [6.07, 6.45) is 3.08. The van der Waals surface area contributed by atoms with Crippen LogP contribution in [0.2, 0.25) is 0 Å². The average molecular weight is 298 g/mol. The van der Waals surface area contributed by atoms with Crippen molar-refractivity contribution in [3.8, 4) is 11.5 Å². The van der Waals surface area contributed by atoms with Crippen LogP contribution >= 0.6 is 0 Å². The SMILES string of the molecule is O=C(O)c1cc(-c2ncccn2)nn1Cc1ccccc1F. The Morgan fingerprint density at radius 2 is 1.91 bits per heavy atom. The van der Waals surface area contributed by atoms with Crippen molar-refractivity contribution < 1.29 is 14.3 Å². The monoisotopic (exact) mass is 298 g/mol. The quantitative estimate of drug-likeness (QED) is 0.798. The van der Waals surface area contributed by atoms with E-state index in [1.54, 1.807) is 36.7 Å². The zero-order valence-electron chi connectivity index (χ0n) is 11.3. The molecule has 0 spiro atoms. The molecule has 22 heavy (non-hydrogen) atoms. The van der Waals surface area contributed by atoms with Crippen molar-refractivity contribution in [2.75, 3.05) is 0 Å². The smallest absolute Gasteiger partial charge is 0.354 e. The van der Waals surface area contributed by atoms with Gasteiger partial charge in [-0.1, -0.05) is 18.2 Å². The molecule has 0 unspecified atom stereocenters. The molecule has 0 amide bonds. The third-order valence-electron chi connectivity index (χ3n) is 3.07. The third-order valence-corrected chi connectivity index (χ3v) is 3.07. The second kappa shape index (κ2) is 5.72. The van der Waals surface area contributed by atoms with E-state index >= 15 is 0 Å². The van der Waals surface area contributed by atoms with Gasteiger partial charge < -0.3 is 5.11 Å². The molecule has 6 nitrogen and oxygen atoms in total. The van der Waals surface area contributed by atoms with Gasteiger partial charge in [0.25, 0.3) is 0 Å². The summed E-state index contributed by atoms with van der Waals surface area (Å²) in [6, 6.07) is 9.19. The van der Waals surface area contributed by atoms with Crippen molar-refractivity contribution in [2.24, 2.45) is 0 Å². The first-order valence-electron chi connectivity index (χ1n) is 6.47. The molecule has 0 fully saturated rings. The van der Waals surface area contributed by atoms with Crippen LogP contribution in [0.25, 0.3) is 11.5 Å². The van der Waals surface area contributed by atoms with Crippen LogP contribution in [0.5, 0.6) is 0 Å². The van der Waals surface area contributed by atoms with Gasteiger partial charge in [-0.15, -0.1) is 0 Å². The molecule has 7 heteroatoms. The maximum atomic E-state index is 13.7. The highest BCUT2D eigenvalue weighted by atomic mass is 19.1. The van der Waals surface area contributed by atoms with Crippen molar-refractivity contribution in [1.29, 1.82) is 0 Å². The molecule has 0 aliphatic heterocycles. The lowest BCUT2D eigenvalue weighted by Crippen LogP contribution is -2.11. The zero-order chi connectivity index (χ0) is 15.5. The number of carboxylic acid groups (broad SMARTS) is 1. The lowest BCUT2D eigenvalue weighted by atomic mass is 10.2. The number of carboxylic acids is 1. The summed E-state index contributed by atoms with van der Waals surface area (Å²) in [4.78, 5) is 19.4. The molecule has 2 aromatic heterocycles. The topological polar surface area (TPSA) is 80.9 Å². The van der Waals surface area contributed by atoms with Gasteiger partial charge in [0.05, 0.1) is 6.54 Å². The van der Waals surface area contributed by atoms with Gasteiger partial charge in [-0.2, -0.15) is 5.10 Å². The minimum atomic E-state index is -1.15. The summed E-state index contributed by atoms with van der Waals surface area (Å²) in [5.74, 6) is -1.24. The summed E-state index contributed by atoms with van der Waals surface area (Å²) < 4.78 is 15.0. The first kappa shape index (κ1) is 13.9. The molecule has 0 radical (unpaired) electrons. The second-order valence-electron chi connectivity index (χ2n) is 4.54. The Kier molecular flexibility index (Phi) is 3.61. The molecule has 3 aromatic rings. The van der Waals surface area contributed by atoms with Crippen LogP contribution in [0.15, 0.2) is 48.8 Å². The number of nitrogens with zero attached hydrogens (tertiary/aromatic N) is 4. The van der Waals surface area contributed by atoms with E-state index in [9.17, 15) is 14.3 Å². The Hall–Kier alpha value is -3.09. The average Bonchev–Trinajstić information content (AvgIpc) is 2.95. The van der Waals surface area contributed by atoms with Gasteiger partial charge >= 0.3 is 5.97 Å². The maximum absolute atomic E-state index is 13.7. The van der Waals surface area contributed by atoms with Gasteiger partial charge in [0, 0.05) is 24.0 Å². The predicted molar refractivity (Wildman–Crippen MR) is 75.7 cm³/mol. The minimum Gasteiger partial charge on any atom is -0.477 e. The minimum absolute atomic E-state index is 0.0150. The van der Waals surface area contributed by atoms with Gasteiger partial charge in [0.1, 0.15) is 17.2 Å². The van der Waals surface area contributed by atoms with Crippen LogP contribution in [0.1, 0.15) is 16.1 Å². The summed E-state index contributed by atoms with van der Waals surface area (Å²) in [6.45, 7) is 0.0150. The Labute approximate surface area is 124 Å². The zero-order valence-corrected chi connectivity index (χ0v) is 11.3. The number of carbonyl (C=O) groups is 1. The molecule has 3 rings (SSSR count). The van der Waals surface area contributed by atoms with Crippen molar-refractivity contribution in [3.05, 3.63) is 65.9 Å². The van der Waals surface area contributed by atoms with Gasteiger partial charge in [-0.05, 0) is 12.1 Å². The van der Waals surface area contributed by atoms with Gasteiger partial charge in [-0.25, -0.2) is 19.2 Å². The van der Waals surface area contributed by atoms with Gasteiger partial charge in [0.15, 0.2) is 5.82 Å². The van der Waals surface area contributed by atoms with Crippen LogP contribution in [-0.2, 0) is 6.54 Å². The van der Waals surface area contributed by atoms with Crippen LogP contribution in [0.4, 0.5) is 4.39 Å². The normalized spacial score (nSPS) is 10.6. The van der Waals surface area contributed by atoms with Crippen LogP contribution in [0, 0.1) is 5.82 Å². The summed E-state index contributed by atoms with van der Waals surface area (Å²) in [5.41, 5.74) is 0.633. The molecule has 0 aliphatic carbocycles. The molecule has 0 saturated carbocycles. The summed E-state index contributed by atoms with van der Waals surface area (Å²) in [5, 5.41) is 13.5.